The Bertz CT molecular complexity index is 537. The molecule has 18 heavy (non-hydrogen) atoms. The number of carbonyl (C=O) groups excluding carboxylic acids is 1. The number of ketones is 1. The van der Waals surface area contributed by atoms with Gasteiger partial charge in [0.25, 0.3) is 0 Å². The zero-order valence-corrected chi connectivity index (χ0v) is 10.0. The predicted molar refractivity (Wildman–Crippen MR) is 73.3 cm³/mol. The molecule has 0 aliphatic carbocycles. The molecule has 0 aliphatic rings. The van der Waals surface area contributed by atoms with Crippen LogP contribution >= 0.6 is 0 Å². The van der Waals surface area contributed by atoms with Crippen molar-refractivity contribution in [2.45, 2.75) is 12.5 Å². The molecule has 0 bridgehead atoms. The van der Waals surface area contributed by atoms with Gasteiger partial charge in [-0.15, -0.1) is 0 Å². The van der Waals surface area contributed by atoms with Crippen LogP contribution in [-0.2, 0) is 6.42 Å². The van der Waals surface area contributed by atoms with E-state index in [9.17, 15) is 4.79 Å². The van der Waals surface area contributed by atoms with Gasteiger partial charge in [0.1, 0.15) is 0 Å². The number of anilines is 1. The van der Waals surface area contributed by atoms with Gasteiger partial charge in [-0.3, -0.25) is 4.79 Å². The second-order valence-electron chi connectivity index (χ2n) is 4.25. The minimum atomic E-state index is -0.558. The molecule has 3 nitrogen and oxygen atoms in total. The molecule has 1 atom stereocenters. The van der Waals surface area contributed by atoms with Gasteiger partial charge in [-0.05, 0) is 24.1 Å². The van der Waals surface area contributed by atoms with Gasteiger partial charge in [-0.25, -0.2) is 0 Å². The van der Waals surface area contributed by atoms with E-state index in [2.05, 4.69) is 0 Å². The number of carbonyl (C=O) groups is 1. The highest BCUT2D eigenvalue weighted by Gasteiger charge is 2.17. The van der Waals surface area contributed by atoms with E-state index in [1.54, 1.807) is 24.3 Å². The fraction of sp³-hybridized carbons (Fsp3) is 0.133. The number of para-hydroxylation sites is 1. The first-order valence-electron chi connectivity index (χ1n) is 5.86. The molecule has 0 heterocycles. The summed E-state index contributed by atoms with van der Waals surface area (Å²) in [6, 6.07) is 16.2. The summed E-state index contributed by atoms with van der Waals surface area (Å²) in [4.78, 5) is 12.2. The van der Waals surface area contributed by atoms with Crippen LogP contribution in [0.15, 0.2) is 54.6 Å². The second-order valence-corrected chi connectivity index (χ2v) is 4.25. The van der Waals surface area contributed by atoms with Crippen molar-refractivity contribution in [1.29, 1.82) is 0 Å². The lowest BCUT2D eigenvalue weighted by molar-refractivity contribution is 0.0962. The molecule has 0 saturated heterocycles. The zero-order chi connectivity index (χ0) is 13.0. The number of Topliss-reactive ketones (excluding diaryl/α,β-unsaturated/α-hetero) is 1. The Hall–Kier alpha value is -2.13. The van der Waals surface area contributed by atoms with Crippen molar-refractivity contribution in [2.75, 3.05) is 5.73 Å². The topological polar surface area (TPSA) is 69.1 Å². The second kappa shape index (κ2) is 5.47. The number of hydrogen-bond acceptors (Lipinski definition) is 3. The Kier molecular flexibility index (Phi) is 3.75. The molecule has 2 aromatic carbocycles. The van der Waals surface area contributed by atoms with Gasteiger partial charge in [0.15, 0.2) is 5.78 Å². The van der Waals surface area contributed by atoms with Crippen molar-refractivity contribution in [3.8, 4) is 0 Å². The summed E-state index contributed by atoms with van der Waals surface area (Å²) in [6.45, 7) is 0. The van der Waals surface area contributed by atoms with E-state index in [-0.39, 0.29) is 5.78 Å². The molecule has 2 aromatic rings. The molecule has 0 aromatic heterocycles. The highest BCUT2D eigenvalue weighted by atomic mass is 16.1. The summed E-state index contributed by atoms with van der Waals surface area (Å²) in [5, 5.41) is 0. The molecule has 0 aliphatic heterocycles. The number of nitrogen functional groups attached to an aromatic ring is 1. The summed E-state index contributed by atoms with van der Waals surface area (Å²) >= 11 is 0. The van der Waals surface area contributed by atoms with Gasteiger partial charge < -0.3 is 11.5 Å². The number of hydrogen-bond donors (Lipinski definition) is 2. The molecular weight excluding hydrogens is 224 g/mol. The molecule has 1 unspecified atom stereocenters. The quantitative estimate of drug-likeness (QED) is 0.634. The average molecular weight is 240 g/mol. The normalized spacial score (nSPS) is 12.1. The SMILES string of the molecule is Nc1ccccc1C(=O)C(N)Cc1ccccc1. The highest BCUT2D eigenvalue weighted by Crippen LogP contribution is 2.14. The van der Waals surface area contributed by atoms with Crippen molar-refractivity contribution in [1.82, 2.24) is 0 Å². The number of benzene rings is 2. The van der Waals surface area contributed by atoms with E-state index < -0.39 is 6.04 Å². The van der Waals surface area contributed by atoms with Crippen molar-refractivity contribution < 1.29 is 4.79 Å². The molecule has 4 N–H and O–H groups in total. The van der Waals surface area contributed by atoms with Crippen LogP contribution in [0, 0.1) is 0 Å². The van der Waals surface area contributed by atoms with E-state index in [1.165, 1.54) is 0 Å². The molecule has 3 heteroatoms. The van der Waals surface area contributed by atoms with Gasteiger partial charge in [-0.1, -0.05) is 42.5 Å². The maximum atomic E-state index is 12.2. The van der Waals surface area contributed by atoms with Crippen LogP contribution in [0.1, 0.15) is 15.9 Å². The van der Waals surface area contributed by atoms with Crippen LogP contribution in [-0.4, -0.2) is 11.8 Å². The third-order valence-electron chi connectivity index (χ3n) is 2.86. The van der Waals surface area contributed by atoms with Crippen molar-refractivity contribution in [3.05, 3.63) is 65.7 Å². The largest absolute Gasteiger partial charge is 0.398 e. The summed E-state index contributed by atoms with van der Waals surface area (Å²) in [5.41, 5.74) is 13.7. The van der Waals surface area contributed by atoms with Gasteiger partial charge in [0.05, 0.1) is 6.04 Å². The molecular formula is C15H16N2O. The van der Waals surface area contributed by atoms with Crippen LogP contribution in [0.4, 0.5) is 5.69 Å². The minimum Gasteiger partial charge on any atom is -0.398 e. The summed E-state index contributed by atoms with van der Waals surface area (Å²) in [7, 11) is 0. The van der Waals surface area contributed by atoms with E-state index in [0.717, 1.165) is 5.56 Å². The Labute approximate surface area is 106 Å². The maximum absolute atomic E-state index is 12.2. The standard InChI is InChI=1S/C15H16N2O/c16-13-9-5-4-8-12(13)15(18)14(17)10-11-6-2-1-3-7-11/h1-9,14H,10,16-17H2. The van der Waals surface area contributed by atoms with Crippen molar-refractivity contribution >= 4 is 11.5 Å². The fourth-order valence-corrected chi connectivity index (χ4v) is 1.88. The summed E-state index contributed by atoms with van der Waals surface area (Å²) in [5.74, 6) is -0.114. The number of rotatable bonds is 4. The Morgan fingerprint density at radius 3 is 2.28 bits per heavy atom. The lowest BCUT2D eigenvalue weighted by Gasteiger charge is -2.12. The summed E-state index contributed by atoms with van der Waals surface area (Å²) in [6.07, 6.45) is 0.522. The van der Waals surface area contributed by atoms with Crippen LogP contribution < -0.4 is 11.5 Å². The average Bonchev–Trinajstić information content (AvgIpc) is 2.39. The Morgan fingerprint density at radius 1 is 1.00 bits per heavy atom. The molecule has 2 rings (SSSR count). The third-order valence-corrected chi connectivity index (χ3v) is 2.86. The Morgan fingerprint density at radius 2 is 1.61 bits per heavy atom. The zero-order valence-electron chi connectivity index (χ0n) is 10.0. The van der Waals surface area contributed by atoms with E-state index >= 15 is 0 Å². The molecule has 0 fully saturated rings. The molecule has 0 amide bonds. The highest BCUT2D eigenvalue weighted by molar-refractivity contribution is 6.04. The van der Waals surface area contributed by atoms with Gasteiger partial charge in [0.2, 0.25) is 0 Å². The maximum Gasteiger partial charge on any atom is 0.181 e. The van der Waals surface area contributed by atoms with E-state index in [1.807, 2.05) is 30.3 Å². The molecule has 92 valence electrons. The van der Waals surface area contributed by atoms with Crippen molar-refractivity contribution in [2.24, 2.45) is 5.73 Å². The van der Waals surface area contributed by atoms with Crippen LogP contribution in [0.3, 0.4) is 0 Å². The fourth-order valence-electron chi connectivity index (χ4n) is 1.88. The predicted octanol–water partition coefficient (Wildman–Crippen LogP) is 2.02. The van der Waals surface area contributed by atoms with Gasteiger partial charge in [-0.2, -0.15) is 0 Å². The van der Waals surface area contributed by atoms with Gasteiger partial charge in [0, 0.05) is 11.3 Å². The van der Waals surface area contributed by atoms with E-state index in [0.29, 0.717) is 17.7 Å². The van der Waals surface area contributed by atoms with Crippen LogP contribution in [0.5, 0.6) is 0 Å². The summed E-state index contributed by atoms with van der Waals surface area (Å²) < 4.78 is 0. The lowest BCUT2D eigenvalue weighted by Crippen LogP contribution is -2.33. The Balaban J connectivity index is 2.13. The number of nitrogens with two attached hydrogens (primary N) is 2. The molecule has 0 saturated carbocycles. The minimum absolute atomic E-state index is 0.114. The lowest BCUT2D eigenvalue weighted by atomic mass is 9.97. The third kappa shape index (κ3) is 2.76. The first kappa shape index (κ1) is 12.3. The molecule has 0 radical (unpaired) electrons. The first-order valence-corrected chi connectivity index (χ1v) is 5.86. The van der Waals surface area contributed by atoms with Crippen LogP contribution in [0.2, 0.25) is 0 Å². The monoisotopic (exact) mass is 240 g/mol. The van der Waals surface area contributed by atoms with Gasteiger partial charge >= 0.3 is 0 Å². The first-order chi connectivity index (χ1) is 8.68. The smallest absolute Gasteiger partial charge is 0.181 e. The van der Waals surface area contributed by atoms with Crippen molar-refractivity contribution in [3.63, 3.8) is 0 Å². The van der Waals surface area contributed by atoms with Crippen LogP contribution in [0.25, 0.3) is 0 Å². The molecule has 0 spiro atoms. The van der Waals surface area contributed by atoms with E-state index in [4.69, 9.17) is 11.5 Å².